The van der Waals surface area contributed by atoms with Crippen LogP contribution in [0.2, 0.25) is 4.66 Å². The molecular formula is C11H22O10Si2. The topological polar surface area (TPSA) is 130 Å². The zero-order chi connectivity index (χ0) is 18.5. The highest BCUT2D eigenvalue weighted by atomic mass is 28.5. The van der Waals surface area contributed by atoms with Crippen LogP contribution in [-0.4, -0.2) is 82.4 Å². The average molecular weight is 370 g/mol. The average Bonchev–Trinajstić information content (AvgIpc) is 2.55. The Bertz CT molecular complexity index is 421. The SMILES string of the molecule is C=C(C(=O)O)C(C(=O)O)([Si](OC)(OC)OC)[Si](OC)(OC)OC. The number of carboxylic acids is 2. The van der Waals surface area contributed by atoms with Crippen molar-refractivity contribution >= 4 is 29.5 Å². The van der Waals surface area contributed by atoms with Gasteiger partial charge in [0.05, 0.1) is 5.57 Å². The minimum absolute atomic E-state index is 0.792. The van der Waals surface area contributed by atoms with Gasteiger partial charge in [-0.05, 0) is 0 Å². The normalized spacial score (nSPS) is 13.0. The molecule has 23 heavy (non-hydrogen) atoms. The maximum absolute atomic E-state index is 12.3. The van der Waals surface area contributed by atoms with Crippen molar-refractivity contribution in [3.05, 3.63) is 12.2 Å². The van der Waals surface area contributed by atoms with Crippen LogP contribution in [0.1, 0.15) is 0 Å². The monoisotopic (exact) mass is 370 g/mol. The molecule has 0 aromatic rings. The summed E-state index contributed by atoms with van der Waals surface area (Å²) in [5, 5.41) is 19.4. The van der Waals surface area contributed by atoms with E-state index in [4.69, 9.17) is 26.6 Å². The summed E-state index contributed by atoms with van der Waals surface area (Å²) in [6.07, 6.45) is 0. The standard InChI is InChI=1S/C11H22O10Si2/c1-8(9(12)13)11(10(14)15,22(16-2,17-3)18-4)23(19-5,20-6)21-7/h1H2,2-7H3,(H,12,13)(H,14,15). The maximum Gasteiger partial charge on any atom is 0.528 e. The molecule has 0 unspecified atom stereocenters. The molecule has 0 aromatic heterocycles. The molecule has 2 N–H and O–H groups in total. The third-order valence-corrected chi connectivity index (χ3v) is 11.5. The molecule has 0 saturated heterocycles. The van der Waals surface area contributed by atoms with Crippen LogP contribution in [0, 0.1) is 0 Å². The van der Waals surface area contributed by atoms with Gasteiger partial charge in [0, 0.05) is 42.7 Å². The van der Waals surface area contributed by atoms with E-state index in [-0.39, 0.29) is 0 Å². The van der Waals surface area contributed by atoms with E-state index in [1.807, 2.05) is 0 Å². The van der Waals surface area contributed by atoms with Crippen molar-refractivity contribution in [2.24, 2.45) is 0 Å². The molecule has 0 aromatic carbocycles. The molecule has 0 amide bonds. The van der Waals surface area contributed by atoms with Gasteiger partial charge < -0.3 is 36.8 Å². The molecule has 0 aliphatic rings. The summed E-state index contributed by atoms with van der Waals surface area (Å²) in [7, 11) is -1.77. The fraction of sp³-hybridized carbons (Fsp3) is 0.636. The first-order valence-corrected chi connectivity index (χ1v) is 9.58. The molecule has 0 atom stereocenters. The lowest BCUT2D eigenvalue weighted by Crippen LogP contribution is -2.73. The van der Waals surface area contributed by atoms with E-state index in [9.17, 15) is 19.8 Å². The molecule has 0 rings (SSSR count). The quantitative estimate of drug-likeness (QED) is 0.371. The van der Waals surface area contributed by atoms with Gasteiger partial charge >= 0.3 is 29.5 Å². The minimum atomic E-state index is -4.28. The van der Waals surface area contributed by atoms with E-state index in [1.165, 1.54) is 0 Å². The zero-order valence-electron chi connectivity index (χ0n) is 13.9. The molecule has 0 aliphatic heterocycles. The molecular weight excluding hydrogens is 348 g/mol. The third-order valence-electron chi connectivity index (χ3n) is 3.56. The van der Waals surface area contributed by atoms with Gasteiger partial charge in [-0.3, -0.25) is 4.79 Å². The fourth-order valence-electron chi connectivity index (χ4n) is 2.53. The fourth-order valence-corrected chi connectivity index (χ4v) is 10.2. The Balaban J connectivity index is 7.12. The number of rotatable bonds is 11. The number of aliphatic carboxylic acids is 2. The summed E-state index contributed by atoms with van der Waals surface area (Å²) < 4.78 is 28.9. The van der Waals surface area contributed by atoms with Crippen LogP contribution in [-0.2, 0) is 36.1 Å². The van der Waals surface area contributed by atoms with Crippen molar-refractivity contribution in [3.63, 3.8) is 0 Å². The second-order valence-corrected chi connectivity index (χ2v) is 10.9. The molecule has 0 heterocycles. The third kappa shape index (κ3) is 2.87. The van der Waals surface area contributed by atoms with Crippen molar-refractivity contribution in [2.75, 3.05) is 42.7 Å². The molecule has 134 valence electrons. The van der Waals surface area contributed by atoms with Gasteiger partial charge in [0.2, 0.25) is 4.66 Å². The molecule has 0 spiro atoms. The zero-order valence-corrected chi connectivity index (χ0v) is 15.9. The van der Waals surface area contributed by atoms with Crippen LogP contribution in [0.3, 0.4) is 0 Å². The maximum atomic E-state index is 12.3. The molecule has 0 aliphatic carbocycles. The van der Waals surface area contributed by atoms with Crippen molar-refractivity contribution < 1.29 is 46.4 Å². The highest BCUT2D eigenvalue weighted by Gasteiger charge is 2.83. The lowest BCUT2D eigenvalue weighted by Gasteiger charge is -2.46. The van der Waals surface area contributed by atoms with Crippen molar-refractivity contribution in [1.82, 2.24) is 0 Å². The van der Waals surface area contributed by atoms with Crippen LogP contribution in [0.5, 0.6) is 0 Å². The van der Waals surface area contributed by atoms with Crippen LogP contribution in [0.4, 0.5) is 0 Å². The highest BCUT2D eigenvalue weighted by Crippen LogP contribution is 2.53. The Kier molecular flexibility index (Phi) is 7.72. The highest BCUT2D eigenvalue weighted by molar-refractivity contribution is 6.91. The molecule has 10 nitrogen and oxygen atoms in total. The lowest BCUT2D eigenvalue weighted by molar-refractivity contribution is -0.144. The van der Waals surface area contributed by atoms with E-state index in [1.54, 1.807) is 0 Å². The summed E-state index contributed by atoms with van der Waals surface area (Å²) in [6.45, 7) is 3.38. The van der Waals surface area contributed by atoms with Gasteiger partial charge in [0.15, 0.2) is 0 Å². The van der Waals surface area contributed by atoms with Gasteiger partial charge in [0.1, 0.15) is 0 Å². The predicted octanol–water partition coefficient (Wildman–Crippen LogP) is -0.252. The minimum Gasteiger partial charge on any atom is -0.481 e. The number of hydrogen-bond acceptors (Lipinski definition) is 8. The molecule has 0 saturated carbocycles. The Hall–Kier alpha value is -1.13. The van der Waals surface area contributed by atoms with Gasteiger partial charge in [-0.15, -0.1) is 0 Å². The Morgan fingerprint density at radius 3 is 1.17 bits per heavy atom. The number of hydrogen-bond donors (Lipinski definition) is 2. The summed E-state index contributed by atoms with van der Waals surface area (Å²) in [5.41, 5.74) is -0.792. The first-order chi connectivity index (χ1) is 10.7. The second kappa shape index (κ2) is 8.12. The number of carbonyl (C=O) groups is 2. The van der Waals surface area contributed by atoms with Crippen LogP contribution >= 0.6 is 0 Å². The molecule has 12 heteroatoms. The predicted molar refractivity (Wildman–Crippen MR) is 80.7 cm³/mol. The van der Waals surface area contributed by atoms with Gasteiger partial charge in [0.25, 0.3) is 0 Å². The van der Waals surface area contributed by atoms with Gasteiger partial charge in [-0.2, -0.15) is 0 Å². The van der Waals surface area contributed by atoms with Gasteiger partial charge in [-0.25, -0.2) is 4.79 Å². The first kappa shape index (κ1) is 21.9. The van der Waals surface area contributed by atoms with Crippen LogP contribution < -0.4 is 0 Å². The van der Waals surface area contributed by atoms with E-state index >= 15 is 0 Å². The first-order valence-electron chi connectivity index (χ1n) is 6.13. The summed E-state index contributed by atoms with van der Waals surface area (Å²) in [5.74, 6) is -3.28. The Morgan fingerprint density at radius 2 is 1.04 bits per heavy atom. The Labute approximate surface area is 136 Å². The molecule has 0 radical (unpaired) electrons. The van der Waals surface area contributed by atoms with Crippen molar-refractivity contribution in [1.29, 1.82) is 0 Å². The van der Waals surface area contributed by atoms with E-state index in [0.717, 1.165) is 42.7 Å². The Morgan fingerprint density at radius 1 is 0.783 bits per heavy atom. The molecule has 0 fully saturated rings. The summed E-state index contributed by atoms with van der Waals surface area (Å²) in [6, 6.07) is 0. The smallest absolute Gasteiger partial charge is 0.481 e. The number of carboxylic acid groups (broad SMARTS) is 2. The van der Waals surface area contributed by atoms with Crippen molar-refractivity contribution in [2.45, 2.75) is 4.66 Å². The van der Waals surface area contributed by atoms with E-state index in [2.05, 4.69) is 6.58 Å². The van der Waals surface area contributed by atoms with E-state index < -0.39 is 39.8 Å². The largest absolute Gasteiger partial charge is 0.528 e. The van der Waals surface area contributed by atoms with Crippen molar-refractivity contribution in [3.8, 4) is 0 Å². The van der Waals surface area contributed by atoms with Crippen LogP contribution in [0.25, 0.3) is 0 Å². The van der Waals surface area contributed by atoms with E-state index in [0.29, 0.717) is 0 Å². The lowest BCUT2D eigenvalue weighted by atomic mass is 10.2. The molecule has 0 bridgehead atoms. The second-order valence-electron chi connectivity index (χ2n) is 4.18. The van der Waals surface area contributed by atoms with Crippen LogP contribution in [0.15, 0.2) is 12.2 Å². The summed E-state index contributed by atoms with van der Waals surface area (Å²) >= 11 is 0. The van der Waals surface area contributed by atoms with Gasteiger partial charge in [-0.1, -0.05) is 6.58 Å². The summed E-state index contributed by atoms with van der Waals surface area (Å²) in [4.78, 5) is 23.9.